The number of rotatable bonds is 7. The molecule has 0 saturated heterocycles. The number of carbonyl (C=O) groups is 1. The van der Waals surface area contributed by atoms with E-state index in [2.05, 4.69) is 29.1 Å². The second-order valence-electron chi connectivity index (χ2n) is 4.95. The fraction of sp³-hybridized carbons (Fsp3) is 0.353. The Morgan fingerprint density at radius 2 is 1.95 bits per heavy atom. The molecular weight excluding hydrogens is 276 g/mol. The Labute approximate surface area is 131 Å². The van der Waals surface area contributed by atoms with Gasteiger partial charge in [0.15, 0.2) is 0 Å². The largest absolute Gasteiger partial charge is 0.351 e. The summed E-state index contributed by atoms with van der Waals surface area (Å²) in [6.45, 7) is 5.58. The van der Waals surface area contributed by atoms with Crippen LogP contribution >= 0.6 is 0 Å². The normalized spacial score (nSPS) is 10.3. The number of aromatic nitrogens is 2. The van der Waals surface area contributed by atoms with Gasteiger partial charge in [-0.15, -0.1) is 0 Å². The van der Waals surface area contributed by atoms with Crippen LogP contribution < -0.4 is 10.2 Å². The average molecular weight is 298 g/mol. The number of hydrogen-bond acceptors (Lipinski definition) is 4. The first kappa shape index (κ1) is 15.9. The molecule has 1 N–H and O–H groups in total. The highest BCUT2D eigenvalue weighted by Gasteiger charge is 2.12. The molecule has 0 saturated carbocycles. The molecule has 1 heterocycles. The Morgan fingerprint density at radius 3 is 2.64 bits per heavy atom. The Kier molecular flexibility index (Phi) is 5.89. The molecular formula is C17H22N4O. The Hall–Kier alpha value is -2.43. The van der Waals surface area contributed by atoms with Gasteiger partial charge >= 0.3 is 0 Å². The zero-order chi connectivity index (χ0) is 15.8. The van der Waals surface area contributed by atoms with Gasteiger partial charge in [-0.3, -0.25) is 4.79 Å². The van der Waals surface area contributed by atoms with Gasteiger partial charge in [0.05, 0.1) is 0 Å². The summed E-state index contributed by atoms with van der Waals surface area (Å²) in [5, 5.41) is 2.88. The maximum atomic E-state index is 12.1. The van der Waals surface area contributed by atoms with Crippen molar-refractivity contribution in [1.29, 1.82) is 0 Å². The van der Waals surface area contributed by atoms with Gasteiger partial charge in [0.1, 0.15) is 17.8 Å². The molecule has 0 atom stereocenters. The number of unbranched alkanes of at least 4 members (excludes halogenated alkanes) is 1. The Balaban J connectivity index is 2.18. The monoisotopic (exact) mass is 298 g/mol. The summed E-state index contributed by atoms with van der Waals surface area (Å²) in [6.07, 6.45) is 3.46. The van der Waals surface area contributed by atoms with Crippen LogP contribution in [0.1, 0.15) is 37.2 Å². The fourth-order valence-electron chi connectivity index (χ4n) is 2.17. The topological polar surface area (TPSA) is 58.1 Å². The van der Waals surface area contributed by atoms with Crippen molar-refractivity contribution >= 4 is 17.4 Å². The van der Waals surface area contributed by atoms with Gasteiger partial charge in [-0.2, -0.15) is 0 Å². The summed E-state index contributed by atoms with van der Waals surface area (Å²) in [7, 11) is 0. The molecule has 0 aliphatic rings. The smallest absolute Gasteiger partial charge is 0.270 e. The zero-order valence-electron chi connectivity index (χ0n) is 13.1. The Bertz CT molecular complexity index is 601. The molecule has 2 aromatic rings. The lowest BCUT2D eigenvalue weighted by atomic mass is 10.2. The number of para-hydroxylation sites is 1. The van der Waals surface area contributed by atoms with Crippen LogP contribution in [0.5, 0.6) is 0 Å². The predicted octanol–water partition coefficient (Wildman–Crippen LogP) is 3.16. The van der Waals surface area contributed by atoms with Gasteiger partial charge < -0.3 is 10.2 Å². The van der Waals surface area contributed by atoms with Crippen LogP contribution in [-0.4, -0.2) is 29.0 Å². The number of hydrogen-bond donors (Lipinski definition) is 1. The third-order valence-corrected chi connectivity index (χ3v) is 3.36. The van der Waals surface area contributed by atoms with E-state index in [1.165, 1.54) is 6.33 Å². The van der Waals surface area contributed by atoms with Gasteiger partial charge in [-0.1, -0.05) is 31.5 Å². The van der Waals surface area contributed by atoms with Crippen LogP contribution in [0.2, 0.25) is 0 Å². The van der Waals surface area contributed by atoms with E-state index >= 15 is 0 Å². The van der Waals surface area contributed by atoms with E-state index < -0.39 is 0 Å². The third-order valence-electron chi connectivity index (χ3n) is 3.36. The number of amides is 1. The average Bonchev–Trinajstić information content (AvgIpc) is 2.57. The molecule has 0 aliphatic heterocycles. The molecule has 0 fully saturated rings. The molecule has 1 aromatic heterocycles. The van der Waals surface area contributed by atoms with Crippen LogP contribution in [0, 0.1) is 0 Å². The molecule has 2 rings (SSSR count). The van der Waals surface area contributed by atoms with E-state index in [0.717, 1.165) is 30.9 Å². The minimum Gasteiger partial charge on any atom is -0.351 e. The van der Waals surface area contributed by atoms with E-state index in [9.17, 15) is 4.79 Å². The molecule has 5 heteroatoms. The SMILES string of the molecule is CCCCNC(=O)c1cc(N(CC)c2ccccc2)ncn1. The zero-order valence-corrected chi connectivity index (χ0v) is 13.1. The Morgan fingerprint density at radius 1 is 1.18 bits per heavy atom. The van der Waals surface area contributed by atoms with Crippen LogP contribution in [0.3, 0.4) is 0 Å². The van der Waals surface area contributed by atoms with Crippen molar-refractivity contribution < 1.29 is 4.79 Å². The maximum absolute atomic E-state index is 12.1. The quantitative estimate of drug-likeness (QED) is 0.798. The lowest BCUT2D eigenvalue weighted by Crippen LogP contribution is -2.26. The lowest BCUT2D eigenvalue weighted by Gasteiger charge is -2.22. The van der Waals surface area contributed by atoms with Crippen molar-refractivity contribution in [1.82, 2.24) is 15.3 Å². The number of anilines is 2. The molecule has 0 bridgehead atoms. The third kappa shape index (κ3) is 4.04. The van der Waals surface area contributed by atoms with Gasteiger partial charge in [0.2, 0.25) is 0 Å². The number of benzene rings is 1. The van der Waals surface area contributed by atoms with Crippen molar-refractivity contribution in [3.8, 4) is 0 Å². The highest BCUT2D eigenvalue weighted by molar-refractivity contribution is 5.93. The molecule has 0 aliphatic carbocycles. The summed E-state index contributed by atoms with van der Waals surface area (Å²) in [6, 6.07) is 11.7. The molecule has 0 spiro atoms. The maximum Gasteiger partial charge on any atom is 0.270 e. The lowest BCUT2D eigenvalue weighted by molar-refractivity contribution is 0.0948. The van der Waals surface area contributed by atoms with Crippen LogP contribution in [0.25, 0.3) is 0 Å². The van der Waals surface area contributed by atoms with Crippen molar-refractivity contribution in [2.45, 2.75) is 26.7 Å². The summed E-state index contributed by atoms with van der Waals surface area (Å²) in [5.41, 5.74) is 1.44. The highest BCUT2D eigenvalue weighted by Crippen LogP contribution is 2.22. The van der Waals surface area contributed by atoms with Crippen molar-refractivity contribution in [2.24, 2.45) is 0 Å². The van der Waals surface area contributed by atoms with Crippen molar-refractivity contribution in [3.05, 3.63) is 48.4 Å². The number of nitrogens with one attached hydrogen (secondary N) is 1. The minimum atomic E-state index is -0.152. The van der Waals surface area contributed by atoms with Crippen LogP contribution in [0.4, 0.5) is 11.5 Å². The van der Waals surface area contributed by atoms with Gasteiger partial charge in [0.25, 0.3) is 5.91 Å². The predicted molar refractivity (Wildman–Crippen MR) is 88.4 cm³/mol. The molecule has 116 valence electrons. The second-order valence-corrected chi connectivity index (χ2v) is 4.95. The highest BCUT2D eigenvalue weighted by atomic mass is 16.1. The number of nitrogens with zero attached hydrogens (tertiary/aromatic N) is 3. The summed E-state index contributed by atoms with van der Waals surface area (Å²) < 4.78 is 0. The molecule has 0 radical (unpaired) electrons. The summed E-state index contributed by atoms with van der Waals surface area (Å²) >= 11 is 0. The van der Waals surface area contributed by atoms with Gasteiger partial charge in [-0.25, -0.2) is 9.97 Å². The standard InChI is InChI=1S/C17H22N4O/c1-3-5-11-18-17(22)15-12-16(20-13-19-15)21(4-2)14-9-7-6-8-10-14/h6-10,12-13H,3-5,11H2,1-2H3,(H,18,22). The molecule has 0 unspecified atom stereocenters. The van der Waals surface area contributed by atoms with E-state index in [0.29, 0.717) is 12.2 Å². The molecule has 22 heavy (non-hydrogen) atoms. The fourth-order valence-corrected chi connectivity index (χ4v) is 2.17. The minimum absolute atomic E-state index is 0.152. The van der Waals surface area contributed by atoms with Crippen LogP contribution in [0.15, 0.2) is 42.7 Å². The first-order chi connectivity index (χ1) is 10.8. The second kappa shape index (κ2) is 8.12. The molecule has 1 aromatic carbocycles. The van der Waals surface area contributed by atoms with Crippen LogP contribution in [-0.2, 0) is 0 Å². The van der Waals surface area contributed by atoms with E-state index in [1.54, 1.807) is 6.07 Å². The van der Waals surface area contributed by atoms with E-state index in [1.807, 2.05) is 35.2 Å². The first-order valence-electron chi connectivity index (χ1n) is 7.69. The molecule has 5 nitrogen and oxygen atoms in total. The van der Waals surface area contributed by atoms with Gasteiger partial charge in [0, 0.05) is 24.8 Å². The van der Waals surface area contributed by atoms with Gasteiger partial charge in [-0.05, 0) is 25.5 Å². The van der Waals surface area contributed by atoms with E-state index in [4.69, 9.17) is 0 Å². The summed E-state index contributed by atoms with van der Waals surface area (Å²) in [5.74, 6) is 0.575. The van der Waals surface area contributed by atoms with E-state index in [-0.39, 0.29) is 5.91 Å². The first-order valence-corrected chi connectivity index (χ1v) is 7.69. The number of carbonyl (C=O) groups excluding carboxylic acids is 1. The van der Waals surface area contributed by atoms with Crippen molar-refractivity contribution in [3.63, 3.8) is 0 Å². The summed E-state index contributed by atoms with van der Waals surface area (Å²) in [4.78, 5) is 22.5. The van der Waals surface area contributed by atoms with Crippen molar-refractivity contribution in [2.75, 3.05) is 18.0 Å². The molecule has 1 amide bonds.